The van der Waals surface area contributed by atoms with Crippen molar-refractivity contribution in [3.05, 3.63) is 62.0 Å². The zero-order valence-corrected chi connectivity index (χ0v) is 16.7. The highest BCUT2D eigenvalue weighted by Gasteiger charge is 2.16. The Morgan fingerprint density at radius 1 is 1.00 bits per heavy atom. The van der Waals surface area contributed by atoms with Crippen molar-refractivity contribution in [3.8, 4) is 5.75 Å². The van der Waals surface area contributed by atoms with Gasteiger partial charge in [-0.1, -0.05) is 6.07 Å². The smallest absolute Gasteiger partial charge is 0.237 e. The Labute approximate surface area is 157 Å². The molecule has 0 atom stereocenters. The predicted octanol–water partition coefficient (Wildman–Crippen LogP) is 1.03. The van der Waals surface area contributed by atoms with Crippen LogP contribution in [0.25, 0.3) is 5.70 Å². The van der Waals surface area contributed by atoms with Crippen LogP contribution >= 0.6 is 45.2 Å². The molecule has 1 heterocycles. The third-order valence-corrected chi connectivity index (χ3v) is 3.54. The van der Waals surface area contributed by atoms with Crippen molar-refractivity contribution in [1.29, 1.82) is 0 Å². The molecule has 0 saturated carbocycles. The first kappa shape index (κ1) is 17.2. The molecule has 0 spiro atoms. The van der Waals surface area contributed by atoms with Crippen molar-refractivity contribution < 1.29 is 33.3 Å². The van der Waals surface area contributed by atoms with E-state index in [1.165, 1.54) is 12.8 Å². The third kappa shape index (κ3) is 4.55. The molecule has 0 radical (unpaired) electrons. The van der Waals surface area contributed by atoms with Crippen LogP contribution in [-0.4, -0.2) is 7.11 Å². The highest BCUT2D eigenvalue weighted by atomic mass is 127. The fraction of sp³-hybridized carbons (Fsp3) is 0.0714. The van der Waals surface area contributed by atoms with E-state index in [9.17, 15) is 0 Å². The number of aromatic nitrogens is 1. The molecule has 0 N–H and O–H groups in total. The summed E-state index contributed by atoms with van der Waals surface area (Å²) >= 11 is 4.69. The second-order valence-corrected chi connectivity index (χ2v) is 7.84. The van der Waals surface area contributed by atoms with Gasteiger partial charge in [0.25, 0.3) is 0 Å². The number of methoxy groups -OCH3 is 1. The third-order valence-electron chi connectivity index (χ3n) is 2.52. The number of ether oxygens (including phenoxy) is 1. The summed E-state index contributed by atoms with van der Waals surface area (Å²) in [6.45, 7) is 0. The lowest BCUT2D eigenvalue weighted by molar-refractivity contribution is -0.579. The van der Waals surface area contributed by atoms with Crippen LogP contribution < -0.4 is 33.3 Å². The standard InChI is InChI=1S/C14H12I2NO.HI/c1-18-12-7-5-11(6-8-12)13(14(15)16)17-9-3-2-4-10-17;/h2-10H,1H3;1H/q+1;/p-1. The van der Waals surface area contributed by atoms with Crippen LogP contribution in [0.5, 0.6) is 5.75 Å². The van der Waals surface area contributed by atoms with Crippen molar-refractivity contribution in [2.24, 2.45) is 0 Å². The molecule has 0 saturated heterocycles. The molecule has 0 aliphatic rings. The van der Waals surface area contributed by atoms with Gasteiger partial charge >= 0.3 is 0 Å². The highest BCUT2D eigenvalue weighted by molar-refractivity contribution is 14.2. The van der Waals surface area contributed by atoms with Crippen LogP contribution in [0.4, 0.5) is 0 Å². The van der Waals surface area contributed by atoms with E-state index in [4.69, 9.17) is 4.74 Å². The van der Waals surface area contributed by atoms with Gasteiger partial charge in [-0.05, 0) is 69.4 Å². The predicted molar refractivity (Wildman–Crippen MR) is 90.0 cm³/mol. The number of pyridine rings is 1. The molecule has 100 valence electrons. The summed E-state index contributed by atoms with van der Waals surface area (Å²) in [5.74, 6) is 0.875. The Morgan fingerprint density at radius 2 is 1.58 bits per heavy atom. The van der Waals surface area contributed by atoms with E-state index in [0.29, 0.717) is 0 Å². The molecule has 0 aliphatic heterocycles. The molecule has 5 heteroatoms. The average molecular weight is 591 g/mol. The van der Waals surface area contributed by atoms with E-state index in [-0.39, 0.29) is 24.0 Å². The molecule has 0 aliphatic carbocycles. The Kier molecular flexibility index (Phi) is 7.58. The summed E-state index contributed by atoms with van der Waals surface area (Å²) in [6.07, 6.45) is 4.10. The monoisotopic (exact) mass is 591 g/mol. The molecule has 1 aromatic heterocycles. The van der Waals surface area contributed by atoms with E-state index >= 15 is 0 Å². The molecular formula is C14H12I3NO. The minimum absolute atomic E-state index is 0. The maximum absolute atomic E-state index is 5.19. The molecule has 0 unspecified atom stereocenters. The summed E-state index contributed by atoms with van der Waals surface area (Å²) in [4.78, 5) is 0. The number of nitrogens with zero attached hydrogens (tertiary/aromatic N) is 1. The molecule has 0 bridgehead atoms. The van der Waals surface area contributed by atoms with Gasteiger partial charge in [-0.25, -0.2) is 0 Å². The minimum Gasteiger partial charge on any atom is -1.00 e. The fourth-order valence-electron chi connectivity index (χ4n) is 1.65. The molecule has 0 amide bonds. The van der Waals surface area contributed by atoms with Gasteiger partial charge in [0.2, 0.25) is 5.70 Å². The van der Waals surface area contributed by atoms with Gasteiger partial charge in [0.05, 0.1) is 7.11 Å². The Bertz CT molecular complexity index is 549. The lowest BCUT2D eigenvalue weighted by Gasteiger charge is -2.04. The summed E-state index contributed by atoms with van der Waals surface area (Å²) in [6, 6.07) is 14.2. The zero-order valence-electron chi connectivity index (χ0n) is 10.2. The second-order valence-electron chi connectivity index (χ2n) is 3.62. The van der Waals surface area contributed by atoms with Crippen molar-refractivity contribution in [3.63, 3.8) is 0 Å². The molecule has 2 nitrogen and oxygen atoms in total. The highest BCUT2D eigenvalue weighted by Crippen LogP contribution is 2.27. The number of rotatable bonds is 3. The maximum Gasteiger partial charge on any atom is 0.237 e. The fourth-order valence-corrected chi connectivity index (χ4v) is 2.83. The Hall–Kier alpha value is 0.1000. The van der Waals surface area contributed by atoms with Crippen LogP contribution in [0.15, 0.2) is 56.4 Å². The van der Waals surface area contributed by atoms with E-state index in [1.54, 1.807) is 7.11 Å². The molecule has 2 aromatic rings. The first-order valence-corrected chi connectivity index (χ1v) is 7.54. The lowest BCUT2D eigenvalue weighted by Crippen LogP contribution is -3.00. The van der Waals surface area contributed by atoms with Crippen molar-refractivity contribution in [1.82, 2.24) is 0 Å². The van der Waals surface area contributed by atoms with E-state index < -0.39 is 0 Å². The van der Waals surface area contributed by atoms with Gasteiger partial charge in [-0.2, -0.15) is 4.57 Å². The van der Waals surface area contributed by atoms with Gasteiger partial charge in [0.1, 0.15) is 7.34 Å². The van der Waals surface area contributed by atoms with Crippen molar-refractivity contribution in [2.45, 2.75) is 0 Å². The van der Waals surface area contributed by atoms with Crippen LogP contribution in [0.1, 0.15) is 5.56 Å². The Balaban J connectivity index is 0.00000180. The van der Waals surface area contributed by atoms with Gasteiger partial charge in [-0.15, -0.1) is 0 Å². The quantitative estimate of drug-likeness (QED) is 0.385. The zero-order chi connectivity index (χ0) is 13.0. The van der Waals surface area contributed by atoms with E-state index in [1.807, 2.05) is 30.3 Å². The van der Waals surface area contributed by atoms with Crippen molar-refractivity contribution in [2.75, 3.05) is 7.11 Å². The first-order valence-electron chi connectivity index (χ1n) is 5.39. The number of halogens is 3. The van der Waals surface area contributed by atoms with Gasteiger partial charge < -0.3 is 28.7 Å². The summed E-state index contributed by atoms with van der Waals surface area (Å²) in [7, 11) is 1.68. The summed E-state index contributed by atoms with van der Waals surface area (Å²) < 4.78 is 8.52. The first-order chi connectivity index (χ1) is 8.72. The van der Waals surface area contributed by atoms with Crippen molar-refractivity contribution >= 4 is 50.9 Å². The van der Waals surface area contributed by atoms with Crippen LogP contribution in [0, 0.1) is 0 Å². The topological polar surface area (TPSA) is 13.1 Å². The minimum atomic E-state index is 0. The van der Waals surface area contributed by atoms with E-state index in [2.05, 4.69) is 74.3 Å². The molecule has 0 fully saturated rings. The molecule has 19 heavy (non-hydrogen) atoms. The van der Waals surface area contributed by atoms with Gasteiger partial charge in [0.15, 0.2) is 12.4 Å². The second kappa shape index (κ2) is 8.40. The Morgan fingerprint density at radius 3 is 2.05 bits per heavy atom. The average Bonchev–Trinajstić information content (AvgIpc) is 2.40. The van der Waals surface area contributed by atoms with Gasteiger partial charge in [-0.3, -0.25) is 0 Å². The normalized spacial score (nSPS) is 9.42. The van der Waals surface area contributed by atoms with Crippen LogP contribution in [0.3, 0.4) is 0 Å². The lowest BCUT2D eigenvalue weighted by atomic mass is 10.1. The summed E-state index contributed by atoms with van der Waals surface area (Å²) in [5.41, 5.74) is 2.35. The maximum atomic E-state index is 5.19. The number of hydrogen-bond donors (Lipinski definition) is 0. The van der Waals surface area contributed by atoms with Crippen LogP contribution in [-0.2, 0) is 0 Å². The van der Waals surface area contributed by atoms with E-state index in [0.717, 1.165) is 5.75 Å². The largest absolute Gasteiger partial charge is 1.00 e. The SMILES string of the molecule is COc1ccc(C(=C(I)I)[n+]2ccccc2)cc1.[I-]. The van der Waals surface area contributed by atoms with Gasteiger partial charge in [0, 0.05) is 17.7 Å². The molecular weight excluding hydrogens is 579 g/mol. The molecule has 2 rings (SSSR count). The molecule has 1 aromatic carbocycles. The number of benzene rings is 1. The van der Waals surface area contributed by atoms with Crippen LogP contribution in [0.2, 0.25) is 0 Å². The number of hydrogen-bond acceptors (Lipinski definition) is 1. The summed E-state index contributed by atoms with van der Waals surface area (Å²) in [5, 5.41) is 0.